The summed E-state index contributed by atoms with van der Waals surface area (Å²) in [6.45, 7) is 0. The number of rotatable bonds is 2. The van der Waals surface area contributed by atoms with Crippen LogP contribution < -0.4 is 2.89 Å². The fraction of sp³-hybridized carbons (Fsp3) is 0.273. The first-order valence-electron chi connectivity index (χ1n) is 4.83. The molecule has 0 saturated carbocycles. The van der Waals surface area contributed by atoms with Gasteiger partial charge >= 0.3 is 102 Å². The summed E-state index contributed by atoms with van der Waals surface area (Å²) in [6.07, 6.45) is 0. The van der Waals surface area contributed by atoms with Crippen molar-refractivity contribution in [1.82, 2.24) is 0 Å². The summed E-state index contributed by atoms with van der Waals surface area (Å²) in [6, 6.07) is 7.77. The second-order valence-corrected chi connectivity index (χ2v) is 22.1. The summed E-state index contributed by atoms with van der Waals surface area (Å²) >= 11 is 1.16. The van der Waals surface area contributed by atoms with E-state index in [0.29, 0.717) is 0 Å². The van der Waals surface area contributed by atoms with Crippen molar-refractivity contribution >= 4 is 43.9 Å². The molecule has 4 heteroatoms. The Morgan fingerprint density at radius 2 is 1.53 bits per heavy atom. The van der Waals surface area contributed by atoms with E-state index >= 15 is 0 Å². The van der Waals surface area contributed by atoms with Gasteiger partial charge < -0.3 is 0 Å². The van der Waals surface area contributed by atoms with Gasteiger partial charge in [0.1, 0.15) is 0 Å². The zero-order chi connectivity index (χ0) is 11.1. The van der Waals surface area contributed by atoms with Gasteiger partial charge in [-0.1, -0.05) is 0 Å². The van der Waals surface area contributed by atoms with Gasteiger partial charge in [-0.25, -0.2) is 0 Å². The monoisotopic (exact) mass is 348 g/mol. The van der Waals surface area contributed by atoms with Crippen molar-refractivity contribution in [2.75, 3.05) is 0 Å². The quantitative estimate of drug-likeness (QED) is 0.716. The third-order valence-corrected chi connectivity index (χ3v) is 13.8. The number of thiophene rings is 2. The van der Waals surface area contributed by atoms with Crippen LogP contribution in [-0.2, 0) is 0 Å². The Balaban J connectivity index is 2.36. The van der Waals surface area contributed by atoms with Crippen molar-refractivity contribution in [3.8, 4) is 9.75 Å². The summed E-state index contributed by atoms with van der Waals surface area (Å²) in [7, 11) is 0. The molecule has 0 unspecified atom stereocenters. The average molecular weight is 347 g/mol. The summed E-state index contributed by atoms with van der Waals surface area (Å²) in [5, 5.41) is -0.0979. The van der Waals surface area contributed by atoms with Crippen LogP contribution >= 0.6 is 22.7 Å². The van der Waals surface area contributed by atoms with Crippen molar-refractivity contribution in [2.24, 2.45) is 0 Å². The molecule has 0 spiro atoms. The Hall–Kier alpha value is 0.129. The molecule has 0 aliphatic rings. The van der Waals surface area contributed by atoms with Crippen LogP contribution in [0.2, 0.25) is 14.8 Å². The van der Waals surface area contributed by atoms with Gasteiger partial charge in [0.2, 0.25) is 0 Å². The Morgan fingerprint density at radius 1 is 0.933 bits per heavy atom. The van der Waals surface area contributed by atoms with Gasteiger partial charge in [0.05, 0.1) is 0 Å². The minimum atomic E-state index is -1.92. The van der Waals surface area contributed by atoms with E-state index in [2.05, 4.69) is 27.0 Å². The Morgan fingerprint density at radius 3 is 2.00 bits per heavy atom. The van der Waals surface area contributed by atoms with Crippen molar-refractivity contribution in [1.29, 1.82) is 0 Å². The molecule has 2 rings (SSSR count). The van der Waals surface area contributed by atoms with E-state index in [1.54, 1.807) is 8.96 Å². The molecule has 0 radical (unpaired) electrons. The normalized spacial score (nSPS) is 12.0. The summed E-state index contributed by atoms with van der Waals surface area (Å²) < 4.78 is 14.4. The molecule has 2 aromatic heterocycles. The molecule has 0 N–H and O–H groups in total. The molecule has 2 heterocycles. The molecule has 15 heavy (non-hydrogen) atoms. The molecule has 0 atom stereocenters. The van der Waals surface area contributed by atoms with Gasteiger partial charge in [-0.05, 0) is 0 Å². The molecule has 0 nitrogen and oxygen atoms in total. The SMILES string of the molecule is [CH3][Sn]([CH3])([CH3])[c]1ccc(-c2ccc(F)s2)s1. The van der Waals surface area contributed by atoms with Crippen LogP contribution in [0.3, 0.4) is 0 Å². The number of halogens is 1. The maximum atomic E-state index is 12.9. The zero-order valence-electron chi connectivity index (χ0n) is 9.00. The minimum absolute atomic E-state index is 0.0979. The summed E-state index contributed by atoms with van der Waals surface area (Å²) in [4.78, 5) is 9.47. The fourth-order valence-electron chi connectivity index (χ4n) is 1.32. The average Bonchev–Trinajstić information content (AvgIpc) is 2.69. The number of hydrogen-bond donors (Lipinski definition) is 0. The van der Waals surface area contributed by atoms with Crippen molar-refractivity contribution in [2.45, 2.75) is 14.8 Å². The van der Waals surface area contributed by atoms with Crippen LogP contribution in [0.4, 0.5) is 4.39 Å². The zero-order valence-corrected chi connectivity index (χ0v) is 13.5. The predicted molar refractivity (Wildman–Crippen MR) is 70.6 cm³/mol. The molecule has 0 aliphatic heterocycles. The molecule has 0 amide bonds. The van der Waals surface area contributed by atoms with Crippen molar-refractivity contribution in [3.05, 3.63) is 29.4 Å². The van der Waals surface area contributed by atoms with Crippen molar-refractivity contribution < 1.29 is 4.39 Å². The van der Waals surface area contributed by atoms with Gasteiger partial charge in [-0.15, -0.1) is 0 Å². The predicted octanol–water partition coefficient (Wildman–Crippen LogP) is 4.16. The second kappa shape index (κ2) is 4.18. The van der Waals surface area contributed by atoms with E-state index in [9.17, 15) is 4.39 Å². The summed E-state index contributed by atoms with van der Waals surface area (Å²) in [5.41, 5.74) is 0. The molecule has 0 fully saturated rings. The Kier molecular flexibility index (Phi) is 3.24. The third kappa shape index (κ3) is 2.63. The molecule has 0 aromatic carbocycles. The number of hydrogen-bond acceptors (Lipinski definition) is 2. The second-order valence-electron chi connectivity index (χ2n) is 4.52. The van der Waals surface area contributed by atoms with Gasteiger partial charge in [0.15, 0.2) is 0 Å². The van der Waals surface area contributed by atoms with Gasteiger partial charge in [-0.2, -0.15) is 0 Å². The first-order chi connectivity index (χ1) is 6.97. The molecule has 0 saturated heterocycles. The maximum absolute atomic E-state index is 12.9. The van der Waals surface area contributed by atoms with Crippen molar-refractivity contribution in [3.63, 3.8) is 0 Å². The van der Waals surface area contributed by atoms with E-state index < -0.39 is 18.4 Å². The molecular weight excluding hydrogens is 334 g/mol. The van der Waals surface area contributed by atoms with Crippen LogP contribution in [-0.4, -0.2) is 18.4 Å². The van der Waals surface area contributed by atoms with E-state index in [-0.39, 0.29) is 5.13 Å². The Bertz CT molecular complexity index is 465. The van der Waals surface area contributed by atoms with Crippen LogP contribution in [0.25, 0.3) is 9.75 Å². The molecular formula is C11H13FS2Sn. The molecule has 80 valence electrons. The van der Waals surface area contributed by atoms with Crippen LogP contribution in [0.1, 0.15) is 0 Å². The molecule has 0 aliphatic carbocycles. The fourth-order valence-corrected chi connectivity index (χ4v) is 8.43. The topological polar surface area (TPSA) is 0 Å². The van der Waals surface area contributed by atoms with E-state index in [1.807, 2.05) is 17.4 Å². The first-order valence-corrected chi connectivity index (χ1v) is 16.4. The van der Waals surface area contributed by atoms with Gasteiger partial charge in [-0.3, -0.25) is 0 Å². The van der Waals surface area contributed by atoms with Crippen LogP contribution in [0.5, 0.6) is 0 Å². The standard InChI is InChI=1S/C8H4FS2.3CH3.Sn/c9-8-4-3-7(11-8)6-2-1-5-10-6;;;;/h1-4H;3*1H3;. The third-order valence-electron chi connectivity index (χ3n) is 2.16. The molecule has 0 bridgehead atoms. The van der Waals surface area contributed by atoms with Crippen LogP contribution in [0.15, 0.2) is 24.3 Å². The van der Waals surface area contributed by atoms with Gasteiger partial charge in [0.25, 0.3) is 0 Å². The first kappa shape index (κ1) is 11.6. The molecule has 2 aromatic rings. The van der Waals surface area contributed by atoms with Crippen LogP contribution in [0, 0.1) is 5.13 Å². The van der Waals surface area contributed by atoms with E-state index in [0.717, 1.165) is 4.88 Å². The van der Waals surface area contributed by atoms with E-state index in [1.165, 1.54) is 16.2 Å². The van der Waals surface area contributed by atoms with Gasteiger partial charge in [0, 0.05) is 0 Å². The van der Waals surface area contributed by atoms with E-state index in [4.69, 9.17) is 0 Å². The summed E-state index contributed by atoms with van der Waals surface area (Å²) in [5.74, 6) is 0. The Labute approximate surface area is 102 Å².